The van der Waals surface area contributed by atoms with Crippen LogP contribution >= 0.6 is 0 Å². The normalized spacial score (nSPS) is 10.4. The molecule has 0 heterocycles. The molecule has 0 aliphatic rings. The van der Waals surface area contributed by atoms with Crippen molar-refractivity contribution in [2.24, 2.45) is 0 Å². The minimum Gasteiger partial charge on any atom is -0.493 e. The van der Waals surface area contributed by atoms with Crippen LogP contribution < -0.4 is 14.8 Å². The molecule has 3 aromatic carbocycles. The molecule has 0 aliphatic heterocycles. The van der Waals surface area contributed by atoms with E-state index in [1.165, 1.54) is 0 Å². The summed E-state index contributed by atoms with van der Waals surface area (Å²) in [6.07, 6.45) is 0. The first-order valence-corrected chi connectivity index (χ1v) is 8.99. The molecule has 3 rings (SSSR count). The van der Waals surface area contributed by atoms with E-state index in [1.807, 2.05) is 54.6 Å². The van der Waals surface area contributed by atoms with Crippen LogP contribution in [0.4, 0.5) is 5.69 Å². The lowest BCUT2D eigenvalue weighted by atomic mass is 10.1. The number of aromatic carboxylic acids is 1. The lowest BCUT2D eigenvalue weighted by molar-refractivity contribution is 0.0696. The molecule has 5 heteroatoms. The monoisotopic (exact) mass is 377 g/mol. The Morgan fingerprint density at radius 3 is 2.46 bits per heavy atom. The van der Waals surface area contributed by atoms with Crippen molar-refractivity contribution in [3.05, 3.63) is 89.0 Å². The minimum atomic E-state index is -0.928. The van der Waals surface area contributed by atoms with Gasteiger partial charge >= 0.3 is 5.97 Å². The lowest BCUT2D eigenvalue weighted by Crippen LogP contribution is -2.06. The molecule has 0 amide bonds. The molecule has 0 fully saturated rings. The zero-order chi connectivity index (χ0) is 19.9. The van der Waals surface area contributed by atoms with Crippen LogP contribution in [0.3, 0.4) is 0 Å². The predicted molar refractivity (Wildman–Crippen MR) is 109 cm³/mol. The molecular formula is C23H23NO4. The molecule has 28 heavy (non-hydrogen) atoms. The smallest absolute Gasteiger partial charge is 0.336 e. The molecule has 0 saturated carbocycles. The Labute approximate surface area is 164 Å². The first kappa shape index (κ1) is 19.3. The van der Waals surface area contributed by atoms with Crippen molar-refractivity contribution in [1.82, 2.24) is 0 Å². The molecule has 2 N–H and O–H groups in total. The average molecular weight is 377 g/mol. The second kappa shape index (κ2) is 8.95. The highest BCUT2D eigenvalue weighted by Crippen LogP contribution is 2.29. The Morgan fingerprint density at radius 1 is 0.964 bits per heavy atom. The van der Waals surface area contributed by atoms with Gasteiger partial charge in [0.15, 0.2) is 11.5 Å². The molecule has 0 aliphatic carbocycles. The SMILES string of the molecule is COc1cc(CNc2cccc(C(=O)O)c2C)ccc1OCc1ccccc1. The Kier molecular flexibility index (Phi) is 6.17. The van der Waals surface area contributed by atoms with Gasteiger partial charge in [0, 0.05) is 12.2 Å². The fraction of sp³-hybridized carbons (Fsp3) is 0.174. The van der Waals surface area contributed by atoms with E-state index in [-0.39, 0.29) is 0 Å². The van der Waals surface area contributed by atoms with Gasteiger partial charge in [-0.3, -0.25) is 0 Å². The van der Waals surface area contributed by atoms with E-state index in [0.717, 1.165) is 16.8 Å². The second-order valence-corrected chi connectivity index (χ2v) is 6.40. The molecule has 0 aromatic heterocycles. The number of anilines is 1. The number of carboxylic acids is 1. The maximum atomic E-state index is 11.3. The highest BCUT2D eigenvalue weighted by molar-refractivity contribution is 5.91. The molecule has 5 nitrogen and oxygen atoms in total. The molecular weight excluding hydrogens is 354 g/mol. The van der Waals surface area contributed by atoms with Gasteiger partial charge in [-0.2, -0.15) is 0 Å². The third kappa shape index (κ3) is 4.62. The van der Waals surface area contributed by atoms with E-state index in [2.05, 4.69) is 5.32 Å². The number of ether oxygens (including phenoxy) is 2. The van der Waals surface area contributed by atoms with E-state index >= 15 is 0 Å². The molecule has 0 spiro atoms. The second-order valence-electron chi connectivity index (χ2n) is 6.40. The summed E-state index contributed by atoms with van der Waals surface area (Å²) in [5, 5.41) is 12.5. The number of hydrogen-bond acceptors (Lipinski definition) is 4. The summed E-state index contributed by atoms with van der Waals surface area (Å²) < 4.78 is 11.4. The number of rotatable bonds is 8. The highest BCUT2D eigenvalue weighted by atomic mass is 16.5. The van der Waals surface area contributed by atoms with Crippen molar-refractivity contribution >= 4 is 11.7 Å². The van der Waals surface area contributed by atoms with Gasteiger partial charge in [0.25, 0.3) is 0 Å². The van der Waals surface area contributed by atoms with Crippen LogP contribution in [0.2, 0.25) is 0 Å². The number of carboxylic acid groups (broad SMARTS) is 1. The molecule has 144 valence electrons. The quantitative estimate of drug-likeness (QED) is 0.585. The maximum Gasteiger partial charge on any atom is 0.336 e. The average Bonchev–Trinajstić information content (AvgIpc) is 2.72. The van der Waals surface area contributed by atoms with Gasteiger partial charge in [-0.1, -0.05) is 42.5 Å². The summed E-state index contributed by atoms with van der Waals surface area (Å²) >= 11 is 0. The Bertz CT molecular complexity index is 954. The van der Waals surface area contributed by atoms with E-state index in [4.69, 9.17) is 9.47 Å². The van der Waals surface area contributed by atoms with Crippen molar-refractivity contribution in [2.75, 3.05) is 12.4 Å². The van der Waals surface area contributed by atoms with Gasteiger partial charge in [-0.05, 0) is 47.9 Å². The van der Waals surface area contributed by atoms with Crippen molar-refractivity contribution in [3.63, 3.8) is 0 Å². The summed E-state index contributed by atoms with van der Waals surface area (Å²) in [6, 6.07) is 20.9. The van der Waals surface area contributed by atoms with Crippen LogP contribution in [0.1, 0.15) is 27.0 Å². The van der Waals surface area contributed by atoms with E-state index < -0.39 is 5.97 Å². The largest absolute Gasteiger partial charge is 0.493 e. The Morgan fingerprint density at radius 2 is 1.75 bits per heavy atom. The van der Waals surface area contributed by atoms with E-state index in [0.29, 0.717) is 35.8 Å². The summed E-state index contributed by atoms with van der Waals surface area (Å²) in [6.45, 7) is 2.81. The molecule has 0 radical (unpaired) electrons. The van der Waals surface area contributed by atoms with E-state index in [9.17, 15) is 9.90 Å². The Balaban J connectivity index is 1.69. The Hall–Kier alpha value is -3.47. The van der Waals surface area contributed by atoms with Gasteiger partial charge < -0.3 is 19.9 Å². The van der Waals surface area contributed by atoms with E-state index in [1.54, 1.807) is 26.2 Å². The van der Waals surface area contributed by atoms with Crippen LogP contribution in [0, 0.1) is 6.92 Å². The number of benzene rings is 3. The topological polar surface area (TPSA) is 67.8 Å². The third-order valence-electron chi connectivity index (χ3n) is 4.51. The summed E-state index contributed by atoms with van der Waals surface area (Å²) in [5.74, 6) is 0.410. The predicted octanol–water partition coefficient (Wildman–Crippen LogP) is 4.89. The van der Waals surface area contributed by atoms with Crippen LogP contribution in [0.15, 0.2) is 66.7 Å². The molecule has 0 atom stereocenters. The zero-order valence-electron chi connectivity index (χ0n) is 15.9. The van der Waals surface area contributed by atoms with Crippen molar-refractivity contribution in [1.29, 1.82) is 0 Å². The number of nitrogens with one attached hydrogen (secondary N) is 1. The zero-order valence-corrected chi connectivity index (χ0v) is 15.9. The summed E-state index contributed by atoms with van der Waals surface area (Å²) in [4.78, 5) is 11.3. The van der Waals surface area contributed by atoms with Gasteiger partial charge in [0.1, 0.15) is 6.61 Å². The number of methoxy groups -OCH3 is 1. The van der Waals surface area contributed by atoms with Crippen LogP contribution in [-0.4, -0.2) is 18.2 Å². The molecule has 0 unspecified atom stereocenters. The standard InChI is InChI=1S/C23H23NO4/c1-16-19(23(25)26)9-6-10-20(16)24-14-18-11-12-21(22(13-18)27-2)28-15-17-7-4-3-5-8-17/h3-13,24H,14-15H2,1-2H3,(H,25,26). The summed E-state index contributed by atoms with van der Waals surface area (Å²) in [5.41, 5.74) is 3.90. The van der Waals surface area contributed by atoms with Crippen LogP contribution in [0.5, 0.6) is 11.5 Å². The molecule has 0 bridgehead atoms. The van der Waals surface area contributed by atoms with Gasteiger partial charge in [0.2, 0.25) is 0 Å². The first-order valence-electron chi connectivity index (χ1n) is 8.99. The number of carbonyl (C=O) groups is 1. The van der Waals surface area contributed by atoms with Crippen molar-refractivity contribution in [2.45, 2.75) is 20.1 Å². The first-order chi connectivity index (χ1) is 13.6. The molecule has 0 saturated heterocycles. The van der Waals surface area contributed by atoms with Crippen molar-refractivity contribution in [3.8, 4) is 11.5 Å². The third-order valence-corrected chi connectivity index (χ3v) is 4.51. The van der Waals surface area contributed by atoms with Crippen LogP contribution in [0.25, 0.3) is 0 Å². The number of hydrogen-bond donors (Lipinski definition) is 2. The fourth-order valence-corrected chi connectivity index (χ4v) is 2.93. The fourth-order valence-electron chi connectivity index (χ4n) is 2.93. The lowest BCUT2D eigenvalue weighted by Gasteiger charge is -2.14. The van der Waals surface area contributed by atoms with Crippen molar-refractivity contribution < 1.29 is 19.4 Å². The molecule has 3 aromatic rings. The van der Waals surface area contributed by atoms with Crippen LogP contribution in [-0.2, 0) is 13.2 Å². The summed E-state index contributed by atoms with van der Waals surface area (Å²) in [7, 11) is 1.61. The highest BCUT2D eigenvalue weighted by Gasteiger charge is 2.11. The van der Waals surface area contributed by atoms with Gasteiger partial charge in [-0.25, -0.2) is 4.79 Å². The maximum absolute atomic E-state index is 11.3. The van der Waals surface area contributed by atoms with Gasteiger partial charge in [-0.15, -0.1) is 0 Å². The van der Waals surface area contributed by atoms with Gasteiger partial charge in [0.05, 0.1) is 12.7 Å². The minimum absolute atomic E-state index is 0.298.